The molecule has 168 valence electrons. The first-order valence-electron chi connectivity index (χ1n) is 10.2. The Morgan fingerprint density at radius 2 is 2.06 bits per heavy atom. The van der Waals surface area contributed by atoms with Gasteiger partial charge >= 0.3 is 6.03 Å². The highest BCUT2D eigenvalue weighted by molar-refractivity contribution is 7.13. The molecule has 2 fully saturated rings. The van der Waals surface area contributed by atoms with Crippen molar-refractivity contribution in [3.05, 3.63) is 47.2 Å². The van der Waals surface area contributed by atoms with E-state index in [1.807, 2.05) is 0 Å². The molecule has 0 saturated carbocycles. The number of amides is 5. The minimum atomic E-state index is -1.39. The van der Waals surface area contributed by atoms with E-state index in [2.05, 4.69) is 15.6 Å². The van der Waals surface area contributed by atoms with Crippen LogP contribution in [0.2, 0.25) is 0 Å². The first kappa shape index (κ1) is 21.9. The highest BCUT2D eigenvalue weighted by Crippen LogP contribution is 2.29. The average molecular weight is 460 g/mol. The summed E-state index contributed by atoms with van der Waals surface area (Å²) in [4.78, 5) is 57.3. The largest absolute Gasteiger partial charge is 0.340 e. The lowest BCUT2D eigenvalue weighted by atomic mass is 9.92. The summed E-state index contributed by atoms with van der Waals surface area (Å²) in [5, 5.41) is 7.60. The van der Waals surface area contributed by atoms with E-state index in [4.69, 9.17) is 0 Å². The van der Waals surface area contributed by atoms with E-state index >= 15 is 0 Å². The molecule has 2 aliphatic rings. The minimum Gasteiger partial charge on any atom is -0.340 e. The Morgan fingerprint density at radius 1 is 1.31 bits per heavy atom. The Labute approximate surface area is 187 Å². The van der Waals surface area contributed by atoms with Gasteiger partial charge in [-0.1, -0.05) is 12.1 Å². The van der Waals surface area contributed by atoms with E-state index in [1.54, 1.807) is 11.6 Å². The second-order valence-electron chi connectivity index (χ2n) is 7.96. The zero-order valence-corrected chi connectivity index (χ0v) is 18.2. The second-order valence-corrected chi connectivity index (χ2v) is 8.85. The zero-order valence-electron chi connectivity index (χ0n) is 17.3. The maximum Gasteiger partial charge on any atom is 0.325 e. The number of aromatic nitrogens is 1. The Morgan fingerprint density at radius 3 is 2.75 bits per heavy atom. The van der Waals surface area contributed by atoms with E-state index in [0.29, 0.717) is 30.1 Å². The number of thiazole rings is 1. The molecule has 0 radical (unpaired) electrons. The number of benzene rings is 1. The maximum atomic E-state index is 13.3. The van der Waals surface area contributed by atoms with Crippen LogP contribution in [0.3, 0.4) is 0 Å². The van der Waals surface area contributed by atoms with Gasteiger partial charge in [0.1, 0.15) is 17.9 Å². The third-order valence-electron chi connectivity index (χ3n) is 5.80. The minimum absolute atomic E-state index is 0.203. The zero-order chi connectivity index (χ0) is 22.9. The summed E-state index contributed by atoms with van der Waals surface area (Å²) in [5.41, 5.74) is -0.965. The third-order valence-corrected chi connectivity index (χ3v) is 6.49. The summed E-state index contributed by atoms with van der Waals surface area (Å²) in [6, 6.07) is 4.58. The molecule has 1 aromatic carbocycles. The van der Waals surface area contributed by atoms with Gasteiger partial charge in [-0.25, -0.2) is 14.2 Å². The van der Waals surface area contributed by atoms with Crippen LogP contribution in [0.5, 0.6) is 0 Å². The molecule has 2 atom stereocenters. The van der Waals surface area contributed by atoms with Crippen molar-refractivity contribution < 1.29 is 23.6 Å². The lowest BCUT2D eigenvalue weighted by Crippen LogP contribution is -2.49. The number of rotatable bonds is 5. The number of nitrogens with one attached hydrogen (secondary N) is 2. The Balaban J connectivity index is 1.40. The summed E-state index contributed by atoms with van der Waals surface area (Å²) in [7, 11) is 0. The Bertz CT molecular complexity index is 1040. The Kier molecular flexibility index (Phi) is 5.92. The highest BCUT2D eigenvalue weighted by Gasteiger charge is 2.49. The van der Waals surface area contributed by atoms with Gasteiger partial charge in [0.2, 0.25) is 11.8 Å². The van der Waals surface area contributed by atoms with Gasteiger partial charge in [0.05, 0.1) is 5.92 Å². The molecule has 3 heterocycles. The smallest absolute Gasteiger partial charge is 0.325 e. The molecule has 0 spiro atoms. The fourth-order valence-corrected chi connectivity index (χ4v) is 4.50. The van der Waals surface area contributed by atoms with Crippen LogP contribution < -0.4 is 10.6 Å². The lowest BCUT2D eigenvalue weighted by molar-refractivity contribution is -0.140. The Hall–Kier alpha value is -3.34. The number of nitrogens with zero attached hydrogens (tertiary/aromatic N) is 3. The van der Waals surface area contributed by atoms with Crippen molar-refractivity contribution in [2.75, 3.05) is 25.0 Å². The number of urea groups is 1. The number of anilines is 1. The standard InChI is InChI=1S/C21H22FN5O4S/c1-21(14-4-6-15(22)7-5-14)18(30)27(20(31)25-21)12-16(28)26-9-2-3-13(11-26)17(29)24-19-23-8-10-32-19/h4-8,10,13H,2-3,9,11-12H2,1H3,(H,25,31)(H,23,24,29). The van der Waals surface area contributed by atoms with Crippen LogP contribution in [-0.4, -0.2) is 58.2 Å². The first-order chi connectivity index (χ1) is 15.3. The molecule has 32 heavy (non-hydrogen) atoms. The van der Waals surface area contributed by atoms with Crippen molar-refractivity contribution in [3.63, 3.8) is 0 Å². The lowest BCUT2D eigenvalue weighted by Gasteiger charge is -2.32. The molecule has 9 nitrogen and oxygen atoms in total. The maximum absolute atomic E-state index is 13.3. The molecule has 0 bridgehead atoms. The number of likely N-dealkylation sites (tertiary alicyclic amines) is 1. The summed E-state index contributed by atoms with van der Waals surface area (Å²) in [6.07, 6.45) is 2.86. The molecular weight excluding hydrogens is 437 g/mol. The quantitative estimate of drug-likeness (QED) is 0.664. The number of halogens is 1. The van der Waals surface area contributed by atoms with Gasteiger partial charge in [0, 0.05) is 24.7 Å². The van der Waals surface area contributed by atoms with Gasteiger partial charge < -0.3 is 15.5 Å². The normalized spacial score (nSPS) is 23.2. The van der Waals surface area contributed by atoms with E-state index < -0.39 is 41.7 Å². The van der Waals surface area contributed by atoms with E-state index in [9.17, 15) is 23.6 Å². The summed E-state index contributed by atoms with van der Waals surface area (Å²) in [5.74, 6) is -2.07. The van der Waals surface area contributed by atoms with Crippen molar-refractivity contribution in [2.24, 2.45) is 5.92 Å². The van der Waals surface area contributed by atoms with Crippen LogP contribution in [0, 0.1) is 11.7 Å². The first-order valence-corrected chi connectivity index (χ1v) is 11.0. The predicted octanol–water partition coefficient (Wildman–Crippen LogP) is 1.93. The van der Waals surface area contributed by atoms with E-state index in [-0.39, 0.29) is 12.5 Å². The van der Waals surface area contributed by atoms with Crippen LogP contribution in [0.15, 0.2) is 35.8 Å². The number of carbonyl (C=O) groups is 4. The fourth-order valence-electron chi connectivity index (χ4n) is 3.96. The topological polar surface area (TPSA) is 112 Å². The number of hydrogen-bond acceptors (Lipinski definition) is 6. The predicted molar refractivity (Wildman–Crippen MR) is 114 cm³/mol. The molecule has 4 rings (SSSR count). The SMILES string of the molecule is CC1(c2ccc(F)cc2)NC(=O)N(CC(=O)N2CCCC(C(=O)Nc3nccs3)C2)C1=O. The average Bonchev–Trinajstić information content (AvgIpc) is 3.37. The highest BCUT2D eigenvalue weighted by atomic mass is 32.1. The van der Waals surface area contributed by atoms with Gasteiger partial charge in [0.25, 0.3) is 5.91 Å². The van der Waals surface area contributed by atoms with Gasteiger partial charge in [0.15, 0.2) is 5.13 Å². The summed E-state index contributed by atoms with van der Waals surface area (Å²) in [6.45, 7) is 1.74. The van der Waals surface area contributed by atoms with Gasteiger partial charge in [-0.3, -0.25) is 19.3 Å². The van der Waals surface area contributed by atoms with Gasteiger partial charge in [-0.15, -0.1) is 11.3 Å². The monoisotopic (exact) mass is 459 g/mol. The van der Waals surface area contributed by atoms with Crippen molar-refractivity contribution in [2.45, 2.75) is 25.3 Å². The number of hydrogen-bond donors (Lipinski definition) is 2. The molecule has 0 aliphatic carbocycles. The molecule has 2 unspecified atom stereocenters. The van der Waals surface area contributed by atoms with Crippen molar-refractivity contribution >= 4 is 40.2 Å². The van der Waals surface area contributed by atoms with Gasteiger partial charge in [-0.2, -0.15) is 0 Å². The molecule has 5 amide bonds. The number of imide groups is 1. The molecule has 1 aromatic heterocycles. The van der Waals surface area contributed by atoms with E-state index in [1.165, 1.54) is 47.4 Å². The summed E-state index contributed by atoms with van der Waals surface area (Å²) >= 11 is 1.31. The fraction of sp³-hybridized carbons (Fsp3) is 0.381. The number of carbonyl (C=O) groups excluding carboxylic acids is 4. The van der Waals surface area contributed by atoms with Crippen LogP contribution >= 0.6 is 11.3 Å². The molecule has 11 heteroatoms. The molecule has 2 saturated heterocycles. The van der Waals surface area contributed by atoms with Crippen LogP contribution in [0.1, 0.15) is 25.3 Å². The number of piperidine rings is 1. The van der Waals surface area contributed by atoms with Crippen molar-refractivity contribution in [3.8, 4) is 0 Å². The molecule has 2 aliphatic heterocycles. The van der Waals surface area contributed by atoms with Gasteiger partial charge in [-0.05, 0) is 37.5 Å². The second kappa shape index (κ2) is 8.65. The van der Waals surface area contributed by atoms with Crippen molar-refractivity contribution in [1.29, 1.82) is 0 Å². The van der Waals surface area contributed by atoms with Crippen LogP contribution in [0.4, 0.5) is 14.3 Å². The molecule has 2 aromatic rings. The van der Waals surface area contributed by atoms with Crippen molar-refractivity contribution in [1.82, 2.24) is 20.1 Å². The van der Waals surface area contributed by atoms with Crippen LogP contribution in [0.25, 0.3) is 0 Å². The third kappa shape index (κ3) is 4.20. The summed E-state index contributed by atoms with van der Waals surface area (Å²) < 4.78 is 13.3. The molecular formula is C21H22FN5O4S. The van der Waals surface area contributed by atoms with E-state index in [0.717, 1.165) is 4.90 Å². The van der Waals surface area contributed by atoms with Crippen LogP contribution in [-0.2, 0) is 19.9 Å². The molecule has 2 N–H and O–H groups in total.